The molecule has 0 aromatic rings. The van der Waals surface area contributed by atoms with Crippen LogP contribution in [-0.2, 0) is 14.4 Å². The molecular weight excluding hydrogens is 184 g/mol. The van der Waals surface area contributed by atoms with E-state index < -0.39 is 0 Å². The van der Waals surface area contributed by atoms with Gasteiger partial charge in [-0.2, -0.15) is 0 Å². The van der Waals surface area contributed by atoms with Crippen molar-refractivity contribution in [2.24, 2.45) is 0 Å². The van der Waals surface area contributed by atoms with Gasteiger partial charge in [-0.3, -0.25) is 19.3 Å². The summed E-state index contributed by atoms with van der Waals surface area (Å²) in [5.74, 6) is -0.849. The van der Waals surface area contributed by atoms with E-state index >= 15 is 0 Å². The van der Waals surface area contributed by atoms with E-state index in [0.717, 1.165) is 4.90 Å². The van der Waals surface area contributed by atoms with Crippen LogP contribution in [0.2, 0.25) is 0 Å². The molecule has 0 saturated carbocycles. The van der Waals surface area contributed by atoms with E-state index in [1.54, 1.807) is 0 Å². The van der Waals surface area contributed by atoms with Crippen molar-refractivity contribution in [3.63, 3.8) is 0 Å². The van der Waals surface area contributed by atoms with E-state index in [1.807, 2.05) is 6.92 Å². The molecule has 1 aliphatic rings. The molecule has 0 atom stereocenters. The van der Waals surface area contributed by atoms with E-state index in [1.165, 1.54) is 12.2 Å². The number of rotatable bonds is 4. The van der Waals surface area contributed by atoms with Gasteiger partial charge >= 0.3 is 0 Å². The Morgan fingerprint density at radius 3 is 2.43 bits per heavy atom. The first-order chi connectivity index (χ1) is 6.65. The Morgan fingerprint density at radius 2 is 1.93 bits per heavy atom. The molecule has 0 bridgehead atoms. The number of hydrogen-bond donors (Lipinski definition) is 1. The van der Waals surface area contributed by atoms with E-state index in [2.05, 4.69) is 5.32 Å². The van der Waals surface area contributed by atoms with Crippen LogP contribution in [0, 0.1) is 0 Å². The van der Waals surface area contributed by atoms with Gasteiger partial charge in [-0.1, -0.05) is 0 Å². The van der Waals surface area contributed by atoms with Gasteiger partial charge in [0.05, 0.1) is 0 Å². The Kier molecular flexibility index (Phi) is 3.39. The van der Waals surface area contributed by atoms with Gasteiger partial charge in [-0.25, -0.2) is 0 Å². The topological polar surface area (TPSA) is 66.5 Å². The first kappa shape index (κ1) is 10.4. The summed E-state index contributed by atoms with van der Waals surface area (Å²) in [4.78, 5) is 34.2. The van der Waals surface area contributed by atoms with Crippen LogP contribution < -0.4 is 5.32 Å². The van der Waals surface area contributed by atoms with Crippen molar-refractivity contribution in [2.45, 2.75) is 13.3 Å². The second-order valence-corrected chi connectivity index (χ2v) is 2.86. The molecule has 0 aromatic carbocycles. The molecule has 5 heteroatoms. The first-order valence-corrected chi connectivity index (χ1v) is 4.45. The Hall–Kier alpha value is -1.65. The van der Waals surface area contributed by atoms with Gasteiger partial charge in [0.15, 0.2) is 0 Å². The molecule has 1 aliphatic heterocycles. The Balaban J connectivity index is 2.35. The Labute approximate surface area is 81.8 Å². The number of hydrogen-bond acceptors (Lipinski definition) is 3. The van der Waals surface area contributed by atoms with Crippen molar-refractivity contribution < 1.29 is 14.4 Å². The molecule has 0 spiro atoms. The van der Waals surface area contributed by atoms with Crippen molar-refractivity contribution in [2.75, 3.05) is 13.1 Å². The zero-order valence-corrected chi connectivity index (χ0v) is 7.95. The summed E-state index contributed by atoms with van der Waals surface area (Å²) in [6, 6.07) is 0. The summed E-state index contributed by atoms with van der Waals surface area (Å²) in [7, 11) is 0. The van der Waals surface area contributed by atoms with Crippen molar-refractivity contribution in [3.05, 3.63) is 12.2 Å². The molecule has 14 heavy (non-hydrogen) atoms. The minimum atomic E-state index is -0.348. The summed E-state index contributed by atoms with van der Waals surface area (Å²) in [5, 5.41) is 2.59. The van der Waals surface area contributed by atoms with E-state index in [4.69, 9.17) is 0 Å². The number of carbonyl (C=O) groups excluding carboxylic acids is 3. The smallest absolute Gasteiger partial charge is 0.253 e. The molecule has 3 amide bonds. The standard InChI is InChI=1S/C9H12N2O3/c1-2-10-7(12)5-6-11-8(13)3-4-9(11)14/h3-4H,2,5-6H2,1H3,(H,10,12). The number of imide groups is 1. The van der Waals surface area contributed by atoms with Gasteiger partial charge in [0.2, 0.25) is 5.91 Å². The van der Waals surface area contributed by atoms with E-state index in [0.29, 0.717) is 6.54 Å². The maximum absolute atomic E-state index is 11.0. The van der Waals surface area contributed by atoms with Gasteiger partial charge in [0, 0.05) is 31.7 Å². The van der Waals surface area contributed by atoms with Crippen LogP contribution in [0.15, 0.2) is 12.2 Å². The number of amides is 3. The molecule has 0 fully saturated rings. The maximum Gasteiger partial charge on any atom is 0.253 e. The fourth-order valence-corrected chi connectivity index (χ4v) is 1.15. The third-order valence-electron chi connectivity index (χ3n) is 1.84. The third-order valence-corrected chi connectivity index (χ3v) is 1.84. The van der Waals surface area contributed by atoms with Crippen molar-refractivity contribution in [1.29, 1.82) is 0 Å². The van der Waals surface area contributed by atoms with Crippen LogP contribution >= 0.6 is 0 Å². The molecule has 0 aliphatic carbocycles. The van der Waals surface area contributed by atoms with Crippen LogP contribution in [0.1, 0.15) is 13.3 Å². The molecule has 5 nitrogen and oxygen atoms in total. The third kappa shape index (κ3) is 2.42. The molecule has 0 unspecified atom stereocenters. The lowest BCUT2D eigenvalue weighted by Crippen LogP contribution is -2.34. The van der Waals surface area contributed by atoms with E-state index in [9.17, 15) is 14.4 Å². The zero-order valence-electron chi connectivity index (χ0n) is 7.95. The monoisotopic (exact) mass is 196 g/mol. The summed E-state index contributed by atoms with van der Waals surface area (Å²) in [6.45, 7) is 2.51. The lowest BCUT2D eigenvalue weighted by Gasteiger charge is -2.12. The van der Waals surface area contributed by atoms with E-state index in [-0.39, 0.29) is 30.7 Å². The number of carbonyl (C=O) groups is 3. The molecule has 0 aromatic heterocycles. The van der Waals surface area contributed by atoms with Gasteiger partial charge < -0.3 is 5.32 Å². The summed E-state index contributed by atoms with van der Waals surface area (Å²) >= 11 is 0. The molecule has 1 N–H and O–H groups in total. The molecule has 1 rings (SSSR count). The Morgan fingerprint density at radius 1 is 1.36 bits per heavy atom. The zero-order chi connectivity index (χ0) is 10.6. The van der Waals surface area contributed by atoms with Crippen molar-refractivity contribution in [3.8, 4) is 0 Å². The summed E-state index contributed by atoms with van der Waals surface area (Å²) in [5.41, 5.74) is 0. The normalized spacial score (nSPS) is 15.1. The second kappa shape index (κ2) is 4.55. The van der Waals surface area contributed by atoms with Gasteiger partial charge in [0.1, 0.15) is 0 Å². The summed E-state index contributed by atoms with van der Waals surface area (Å²) in [6.07, 6.45) is 2.58. The molecule has 1 heterocycles. The lowest BCUT2D eigenvalue weighted by atomic mass is 10.3. The first-order valence-electron chi connectivity index (χ1n) is 4.45. The quantitative estimate of drug-likeness (QED) is 0.613. The van der Waals surface area contributed by atoms with Crippen molar-refractivity contribution >= 4 is 17.7 Å². The molecule has 0 radical (unpaired) electrons. The predicted octanol–water partition coefficient (Wildman–Crippen LogP) is -0.562. The highest BCUT2D eigenvalue weighted by Crippen LogP contribution is 2.03. The predicted molar refractivity (Wildman–Crippen MR) is 49.2 cm³/mol. The Bertz CT molecular complexity index is 278. The maximum atomic E-state index is 11.0. The second-order valence-electron chi connectivity index (χ2n) is 2.86. The van der Waals surface area contributed by atoms with Crippen LogP contribution in [0.4, 0.5) is 0 Å². The number of nitrogens with zero attached hydrogens (tertiary/aromatic N) is 1. The van der Waals surface area contributed by atoms with Crippen molar-refractivity contribution in [1.82, 2.24) is 10.2 Å². The summed E-state index contributed by atoms with van der Waals surface area (Å²) < 4.78 is 0. The average molecular weight is 196 g/mol. The van der Waals surface area contributed by atoms with Crippen LogP contribution in [0.25, 0.3) is 0 Å². The largest absolute Gasteiger partial charge is 0.356 e. The highest BCUT2D eigenvalue weighted by Gasteiger charge is 2.23. The lowest BCUT2D eigenvalue weighted by molar-refractivity contribution is -0.137. The minimum absolute atomic E-state index is 0.149. The molecular formula is C9H12N2O3. The van der Waals surface area contributed by atoms with Crippen LogP contribution in [0.5, 0.6) is 0 Å². The SMILES string of the molecule is CCNC(=O)CCN1C(=O)C=CC1=O. The fraction of sp³-hybridized carbons (Fsp3) is 0.444. The molecule has 76 valence electrons. The van der Waals surface area contributed by atoms with Crippen LogP contribution in [-0.4, -0.2) is 35.7 Å². The highest BCUT2D eigenvalue weighted by molar-refractivity contribution is 6.13. The molecule has 0 saturated heterocycles. The number of nitrogens with one attached hydrogen (secondary N) is 1. The van der Waals surface area contributed by atoms with Gasteiger partial charge in [-0.15, -0.1) is 0 Å². The average Bonchev–Trinajstić information content (AvgIpc) is 2.44. The van der Waals surface area contributed by atoms with Gasteiger partial charge in [-0.05, 0) is 6.92 Å². The van der Waals surface area contributed by atoms with Gasteiger partial charge in [0.25, 0.3) is 11.8 Å². The van der Waals surface area contributed by atoms with Crippen LogP contribution in [0.3, 0.4) is 0 Å². The minimum Gasteiger partial charge on any atom is -0.356 e. The fourth-order valence-electron chi connectivity index (χ4n) is 1.15. The highest BCUT2D eigenvalue weighted by atomic mass is 16.2.